The van der Waals surface area contributed by atoms with Crippen LogP contribution in [0.25, 0.3) is 11.6 Å². The fourth-order valence-corrected chi connectivity index (χ4v) is 4.37. The summed E-state index contributed by atoms with van der Waals surface area (Å²) in [7, 11) is 0. The molecule has 1 heterocycles. The molecular formula is C33H40FNO4. The molecule has 0 aromatic heterocycles. The molecule has 5 nitrogen and oxygen atoms in total. The number of carboxylic acids is 1. The van der Waals surface area contributed by atoms with Crippen molar-refractivity contribution >= 4 is 24.0 Å². The first-order valence-electron chi connectivity index (χ1n) is 12.9. The average Bonchev–Trinajstić information content (AvgIpc) is 3.29. The molecule has 2 N–H and O–H groups in total. The second-order valence-corrected chi connectivity index (χ2v) is 10.8. The molecule has 0 saturated carbocycles. The Morgan fingerprint density at radius 1 is 0.974 bits per heavy atom. The van der Waals surface area contributed by atoms with Crippen LogP contribution in [0.2, 0.25) is 0 Å². The summed E-state index contributed by atoms with van der Waals surface area (Å²) < 4.78 is 12.2. The van der Waals surface area contributed by atoms with Gasteiger partial charge in [-0.2, -0.15) is 0 Å². The van der Waals surface area contributed by atoms with E-state index in [0.29, 0.717) is 13.1 Å². The largest absolute Gasteiger partial charge is 0.481 e. The summed E-state index contributed by atoms with van der Waals surface area (Å²) in [6, 6.07) is 16.6. The summed E-state index contributed by atoms with van der Waals surface area (Å²) in [6.45, 7) is 14.3. The van der Waals surface area contributed by atoms with Gasteiger partial charge in [0.2, 0.25) is 6.41 Å². The van der Waals surface area contributed by atoms with Gasteiger partial charge in [0, 0.05) is 13.1 Å². The van der Waals surface area contributed by atoms with E-state index in [0.717, 1.165) is 56.5 Å². The molecular weight excluding hydrogens is 493 g/mol. The number of aliphatic hydroxyl groups is 1. The van der Waals surface area contributed by atoms with Crippen molar-refractivity contribution in [3.63, 3.8) is 0 Å². The number of hydrogen-bond acceptors (Lipinski definition) is 3. The van der Waals surface area contributed by atoms with Crippen LogP contribution >= 0.6 is 0 Å². The van der Waals surface area contributed by atoms with Crippen molar-refractivity contribution in [2.24, 2.45) is 0 Å². The third kappa shape index (κ3) is 9.80. The van der Waals surface area contributed by atoms with Crippen LogP contribution in [0.3, 0.4) is 0 Å². The summed E-state index contributed by atoms with van der Waals surface area (Å²) in [4.78, 5) is 24.4. The number of rotatable bonds is 5. The molecule has 0 saturated heterocycles. The van der Waals surface area contributed by atoms with Gasteiger partial charge in [0.1, 0.15) is 5.82 Å². The minimum atomic E-state index is -0.843. The Morgan fingerprint density at radius 2 is 1.54 bits per heavy atom. The molecule has 0 atom stereocenters. The number of aliphatic carboxylic acids is 1. The van der Waals surface area contributed by atoms with E-state index in [9.17, 15) is 19.1 Å². The maximum absolute atomic E-state index is 12.2. The van der Waals surface area contributed by atoms with E-state index in [4.69, 9.17) is 5.11 Å². The fraction of sp³-hybridized carbons (Fsp3) is 0.333. The molecule has 39 heavy (non-hydrogen) atoms. The van der Waals surface area contributed by atoms with Crippen LogP contribution in [0.4, 0.5) is 4.39 Å². The van der Waals surface area contributed by atoms with E-state index in [1.165, 1.54) is 12.1 Å². The van der Waals surface area contributed by atoms with Crippen LogP contribution in [0.5, 0.6) is 0 Å². The highest BCUT2D eigenvalue weighted by atomic mass is 19.1. The van der Waals surface area contributed by atoms with E-state index in [1.54, 1.807) is 31.7 Å². The third-order valence-corrected chi connectivity index (χ3v) is 6.22. The number of nitrogens with zero attached hydrogens (tertiary/aromatic N) is 1. The first kappa shape index (κ1) is 31.4. The SMILES string of the molecule is C/C(=C\c1c(C)c2c(c(C)c1CC(=O)O)CN(C=O)C2)c1ccccc1.CC(C)(C)O.Cc1cccc(F)c1. The summed E-state index contributed by atoms with van der Waals surface area (Å²) in [6.07, 6.45) is 2.93. The fourth-order valence-electron chi connectivity index (χ4n) is 4.37. The van der Waals surface area contributed by atoms with Crippen LogP contribution in [-0.4, -0.2) is 33.1 Å². The number of amides is 1. The highest BCUT2D eigenvalue weighted by Gasteiger charge is 2.26. The quantitative estimate of drug-likeness (QED) is 0.277. The number of fused-ring (bicyclic) bond motifs is 1. The van der Waals surface area contributed by atoms with Crippen molar-refractivity contribution in [2.45, 2.75) is 73.6 Å². The van der Waals surface area contributed by atoms with Crippen LogP contribution in [0.1, 0.15) is 72.2 Å². The predicted molar refractivity (Wildman–Crippen MR) is 156 cm³/mol. The molecule has 0 aliphatic carbocycles. The van der Waals surface area contributed by atoms with Crippen molar-refractivity contribution in [3.8, 4) is 0 Å². The zero-order valence-electron chi connectivity index (χ0n) is 24.0. The molecule has 0 radical (unpaired) electrons. The molecule has 1 amide bonds. The van der Waals surface area contributed by atoms with Crippen molar-refractivity contribution in [1.29, 1.82) is 0 Å². The lowest BCUT2D eigenvalue weighted by atomic mass is 9.86. The topological polar surface area (TPSA) is 77.8 Å². The Morgan fingerprint density at radius 3 is 2.00 bits per heavy atom. The monoisotopic (exact) mass is 533 g/mol. The molecule has 1 aliphatic rings. The number of halogens is 1. The molecule has 4 rings (SSSR count). The maximum atomic E-state index is 12.2. The van der Waals surface area contributed by atoms with Crippen LogP contribution in [-0.2, 0) is 29.1 Å². The van der Waals surface area contributed by atoms with Crippen LogP contribution in [0.15, 0.2) is 54.6 Å². The van der Waals surface area contributed by atoms with Crippen LogP contribution in [0, 0.1) is 26.6 Å². The van der Waals surface area contributed by atoms with Gasteiger partial charge in [-0.15, -0.1) is 0 Å². The molecule has 0 fully saturated rings. The Hall–Kier alpha value is -3.77. The summed E-state index contributed by atoms with van der Waals surface area (Å²) in [5, 5.41) is 17.9. The van der Waals surface area contributed by atoms with Gasteiger partial charge in [0.05, 0.1) is 12.0 Å². The van der Waals surface area contributed by atoms with Gasteiger partial charge in [-0.05, 0) is 111 Å². The van der Waals surface area contributed by atoms with Crippen molar-refractivity contribution in [3.05, 3.63) is 105 Å². The molecule has 208 valence electrons. The minimum absolute atomic E-state index is 0.0189. The van der Waals surface area contributed by atoms with E-state index in [-0.39, 0.29) is 12.2 Å². The minimum Gasteiger partial charge on any atom is -0.481 e. The van der Waals surface area contributed by atoms with Gasteiger partial charge in [0.25, 0.3) is 0 Å². The van der Waals surface area contributed by atoms with Gasteiger partial charge in [-0.3, -0.25) is 9.59 Å². The van der Waals surface area contributed by atoms with E-state index in [2.05, 4.69) is 6.08 Å². The Kier molecular flexibility index (Phi) is 11.2. The lowest BCUT2D eigenvalue weighted by Crippen LogP contribution is -2.13. The van der Waals surface area contributed by atoms with Gasteiger partial charge in [0.15, 0.2) is 0 Å². The zero-order chi connectivity index (χ0) is 29.3. The van der Waals surface area contributed by atoms with E-state index >= 15 is 0 Å². The zero-order valence-corrected chi connectivity index (χ0v) is 24.0. The molecule has 0 unspecified atom stereocenters. The first-order valence-corrected chi connectivity index (χ1v) is 12.9. The summed E-state index contributed by atoms with van der Waals surface area (Å²) in [5.74, 6) is -1.00. The Bertz CT molecular complexity index is 1300. The van der Waals surface area contributed by atoms with E-state index < -0.39 is 11.6 Å². The predicted octanol–water partition coefficient (Wildman–Crippen LogP) is 6.87. The highest BCUT2D eigenvalue weighted by Crippen LogP contribution is 2.35. The number of aryl methyl sites for hydroxylation is 1. The molecule has 0 spiro atoms. The number of carbonyl (C=O) groups excluding carboxylic acids is 1. The molecule has 1 aliphatic heterocycles. The lowest BCUT2D eigenvalue weighted by molar-refractivity contribution is -0.136. The highest BCUT2D eigenvalue weighted by molar-refractivity contribution is 5.85. The summed E-state index contributed by atoms with van der Waals surface area (Å²) in [5.41, 5.74) is 8.78. The van der Waals surface area contributed by atoms with Crippen LogP contribution < -0.4 is 0 Å². The molecule has 0 bridgehead atoms. The van der Waals surface area contributed by atoms with Gasteiger partial charge >= 0.3 is 5.97 Å². The second kappa shape index (κ2) is 13.9. The number of allylic oxidation sites excluding steroid dienone is 1. The third-order valence-electron chi connectivity index (χ3n) is 6.22. The van der Waals surface area contributed by atoms with Crippen molar-refractivity contribution < 1.29 is 24.2 Å². The van der Waals surface area contributed by atoms with Gasteiger partial charge < -0.3 is 15.1 Å². The number of carboxylic acid groups (broad SMARTS) is 1. The average molecular weight is 534 g/mol. The smallest absolute Gasteiger partial charge is 0.307 e. The van der Waals surface area contributed by atoms with Crippen molar-refractivity contribution in [2.75, 3.05) is 0 Å². The normalized spacial score (nSPS) is 12.5. The Labute approximate surface area is 231 Å². The van der Waals surface area contributed by atoms with Gasteiger partial charge in [-0.25, -0.2) is 4.39 Å². The van der Waals surface area contributed by atoms with E-state index in [1.807, 2.05) is 64.1 Å². The maximum Gasteiger partial charge on any atom is 0.307 e. The summed E-state index contributed by atoms with van der Waals surface area (Å²) >= 11 is 0. The Balaban J connectivity index is 0.000000337. The lowest BCUT2D eigenvalue weighted by Gasteiger charge is -2.18. The molecule has 6 heteroatoms. The number of hydrogen-bond donors (Lipinski definition) is 2. The molecule has 3 aromatic rings. The van der Waals surface area contributed by atoms with Crippen molar-refractivity contribution in [1.82, 2.24) is 4.90 Å². The first-order chi connectivity index (χ1) is 18.2. The number of carbonyl (C=O) groups is 2. The molecule has 3 aromatic carbocycles. The standard InChI is InChI=1S/C22H23NO3.C7H7F.C4H10O/c1-14(17-7-5-4-6-8-17)9-18-15(2)20-11-23(13-24)12-21(20)16(3)19(18)10-22(25)26;1-6-3-2-4-7(8)5-6;1-4(2,3)5/h4-9,13H,10-12H2,1-3H3,(H,25,26);2-5H,1H3;5H,1-3H3/b14-9+;;. The second-order valence-electron chi connectivity index (χ2n) is 10.8. The number of benzene rings is 3. The van der Waals surface area contributed by atoms with Gasteiger partial charge in [-0.1, -0.05) is 48.5 Å².